The Balaban J connectivity index is 2.36. The number of nitrogens with one attached hydrogen (secondary N) is 1. The van der Waals surface area contributed by atoms with E-state index in [4.69, 9.17) is 4.74 Å². The van der Waals surface area contributed by atoms with Crippen molar-refractivity contribution in [2.45, 2.75) is 19.4 Å². The molecule has 1 unspecified atom stereocenters. The molecule has 0 aliphatic carbocycles. The normalized spacial score (nSPS) is 12.4. The van der Waals surface area contributed by atoms with Crippen molar-refractivity contribution in [3.8, 4) is 0 Å². The molecule has 1 atom stereocenters. The minimum absolute atomic E-state index is 0.194. The van der Waals surface area contributed by atoms with Crippen LogP contribution in [0.3, 0.4) is 0 Å². The number of rotatable bonds is 8. The van der Waals surface area contributed by atoms with Crippen LogP contribution in [0.25, 0.3) is 0 Å². The van der Waals surface area contributed by atoms with E-state index in [-0.39, 0.29) is 12.0 Å². The minimum atomic E-state index is -0.276. The molecule has 1 aromatic heterocycles. The highest BCUT2D eigenvalue weighted by Crippen LogP contribution is 2.00. The Labute approximate surface area is 115 Å². The van der Waals surface area contributed by atoms with Crippen molar-refractivity contribution in [1.82, 2.24) is 15.2 Å². The summed E-state index contributed by atoms with van der Waals surface area (Å²) in [6, 6.07) is 3.74. The van der Waals surface area contributed by atoms with E-state index in [1.807, 2.05) is 26.1 Å². The summed E-state index contributed by atoms with van der Waals surface area (Å²) in [5, 5.41) is 2.99. The lowest BCUT2D eigenvalue weighted by molar-refractivity contribution is -0.145. The van der Waals surface area contributed by atoms with E-state index >= 15 is 0 Å². The van der Waals surface area contributed by atoms with Crippen LogP contribution in [-0.4, -0.2) is 55.7 Å². The predicted octanol–water partition coefficient (Wildman–Crippen LogP) is 0.707. The van der Waals surface area contributed by atoms with E-state index in [1.54, 1.807) is 19.4 Å². The zero-order valence-electron chi connectivity index (χ0n) is 11.9. The van der Waals surface area contributed by atoms with Gasteiger partial charge in [0.05, 0.1) is 6.61 Å². The summed E-state index contributed by atoms with van der Waals surface area (Å²) in [4.78, 5) is 17.8. The molecule has 5 heteroatoms. The molecule has 0 saturated heterocycles. The van der Waals surface area contributed by atoms with Crippen molar-refractivity contribution in [2.75, 3.05) is 33.8 Å². The van der Waals surface area contributed by atoms with Gasteiger partial charge < -0.3 is 15.0 Å². The standard InChI is InChI=1S/C14H23N3O2/c1-4-19-14(18)13(15-2)11-17(3)10-7-12-5-8-16-9-6-12/h5-6,8-9,13,15H,4,7,10-11H2,1-3H3. The quantitative estimate of drug-likeness (QED) is 0.702. The Morgan fingerprint density at radius 2 is 2.16 bits per heavy atom. The Bertz CT molecular complexity index is 370. The molecule has 0 amide bonds. The van der Waals surface area contributed by atoms with Gasteiger partial charge in [-0.15, -0.1) is 0 Å². The van der Waals surface area contributed by atoms with Crippen LogP contribution < -0.4 is 5.32 Å². The lowest BCUT2D eigenvalue weighted by Gasteiger charge is -2.22. The van der Waals surface area contributed by atoms with E-state index in [9.17, 15) is 4.79 Å². The summed E-state index contributed by atoms with van der Waals surface area (Å²) >= 11 is 0. The molecule has 0 bridgehead atoms. The average molecular weight is 265 g/mol. The minimum Gasteiger partial charge on any atom is -0.465 e. The zero-order chi connectivity index (χ0) is 14.1. The molecule has 0 saturated carbocycles. The Kier molecular flexibility index (Phi) is 7.07. The lowest BCUT2D eigenvalue weighted by Crippen LogP contribution is -2.44. The fraction of sp³-hybridized carbons (Fsp3) is 0.571. The van der Waals surface area contributed by atoms with Gasteiger partial charge in [0.15, 0.2) is 0 Å². The highest BCUT2D eigenvalue weighted by molar-refractivity contribution is 5.76. The molecule has 1 rings (SSSR count). The maximum atomic E-state index is 11.7. The molecule has 0 radical (unpaired) electrons. The van der Waals surface area contributed by atoms with Gasteiger partial charge in [0.2, 0.25) is 0 Å². The Morgan fingerprint density at radius 3 is 2.74 bits per heavy atom. The van der Waals surface area contributed by atoms with Gasteiger partial charge in [0.1, 0.15) is 6.04 Å². The van der Waals surface area contributed by atoms with Crippen LogP contribution >= 0.6 is 0 Å². The zero-order valence-corrected chi connectivity index (χ0v) is 11.9. The second kappa shape index (κ2) is 8.61. The first-order valence-electron chi connectivity index (χ1n) is 6.58. The van der Waals surface area contributed by atoms with Gasteiger partial charge in [-0.3, -0.25) is 9.78 Å². The number of likely N-dealkylation sites (N-methyl/N-ethyl adjacent to an activating group) is 2. The third-order valence-electron chi connectivity index (χ3n) is 2.95. The third-order valence-corrected chi connectivity index (χ3v) is 2.95. The van der Waals surface area contributed by atoms with Gasteiger partial charge in [-0.25, -0.2) is 0 Å². The highest BCUT2D eigenvalue weighted by atomic mass is 16.5. The van der Waals surface area contributed by atoms with E-state index in [0.29, 0.717) is 13.2 Å². The van der Waals surface area contributed by atoms with Crippen LogP contribution in [-0.2, 0) is 16.0 Å². The van der Waals surface area contributed by atoms with Crippen LogP contribution in [0, 0.1) is 0 Å². The van der Waals surface area contributed by atoms with Gasteiger partial charge in [0.25, 0.3) is 0 Å². The van der Waals surface area contributed by atoms with Crippen LogP contribution in [0.15, 0.2) is 24.5 Å². The van der Waals surface area contributed by atoms with E-state index in [1.165, 1.54) is 5.56 Å². The second-order valence-electron chi connectivity index (χ2n) is 4.46. The van der Waals surface area contributed by atoms with E-state index < -0.39 is 0 Å². The average Bonchev–Trinajstić information content (AvgIpc) is 2.44. The second-order valence-corrected chi connectivity index (χ2v) is 4.46. The van der Waals surface area contributed by atoms with Crippen LogP contribution in [0.2, 0.25) is 0 Å². The summed E-state index contributed by atoms with van der Waals surface area (Å²) in [7, 11) is 3.78. The molecule has 106 valence electrons. The summed E-state index contributed by atoms with van der Waals surface area (Å²) in [6.45, 7) is 3.76. The fourth-order valence-electron chi connectivity index (χ4n) is 1.80. The number of hydrogen-bond acceptors (Lipinski definition) is 5. The molecule has 0 spiro atoms. The number of carbonyl (C=O) groups excluding carboxylic acids is 1. The lowest BCUT2D eigenvalue weighted by atomic mass is 10.2. The van der Waals surface area contributed by atoms with E-state index in [2.05, 4.69) is 15.2 Å². The molecular weight excluding hydrogens is 242 g/mol. The van der Waals surface area contributed by atoms with Gasteiger partial charge in [-0.2, -0.15) is 0 Å². The van der Waals surface area contributed by atoms with Crippen LogP contribution in [0.1, 0.15) is 12.5 Å². The molecular formula is C14H23N3O2. The summed E-state index contributed by atoms with van der Waals surface area (Å²) < 4.78 is 5.02. The number of pyridine rings is 1. The Morgan fingerprint density at radius 1 is 1.47 bits per heavy atom. The molecule has 0 aromatic carbocycles. The number of nitrogens with zero attached hydrogens (tertiary/aromatic N) is 2. The van der Waals surface area contributed by atoms with E-state index in [0.717, 1.165) is 13.0 Å². The van der Waals surface area contributed by atoms with Gasteiger partial charge in [-0.1, -0.05) is 0 Å². The maximum Gasteiger partial charge on any atom is 0.324 e. The van der Waals surface area contributed by atoms with Crippen molar-refractivity contribution < 1.29 is 9.53 Å². The number of aromatic nitrogens is 1. The molecule has 0 fully saturated rings. The maximum absolute atomic E-state index is 11.7. The van der Waals surface area contributed by atoms with Crippen molar-refractivity contribution in [2.24, 2.45) is 0 Å². The molecule has 1 heterocycles. The van der Waals surface area contributed by atoms with Crippen LogP contribution in [0.5, 0.6) is 0 Å². The third kappa shape index (κ3) is 5.81. The largest absolute Gasteiger partial charge is 0.465 e. The predicted molar refractivity (Wildman–Crippen MR) is 74.9 cm³/mol. The van der Waals surface area contributed by atoms with Crippen molar-refractivity contribution >= 4 is 5.97 Å². The Hall–Kier alpha value is -1.46. The summed E-state index contributed by atoms with van der Waals surface area (Å²) in [5.41, 5.74) is 1.25. The fourth-order valence-corrected chi connectivity index (χ4v) is 1.80. The van der Waals surface area contributed by atoms with Crippen molar-refractivity contribution in [3.05, 3.63) is 30.1 Å². The topological polar surface area (TPSA) is 54.5 Å². The number of ether oxygens (including phenoxy) is 1. The molecule has 0 aliphatic rings. The SMILES string of the molecule is CCOC(=O)C(CN(C)CCc1ccncc1)NC. The monoisotopic (exact) mass is 265 g/mol. The summed E-state index contributed by atoms with van der Waals surface area (Å²) in [5.74, 6) is -0.194. The van der Waals surface area contributed by atoms with Crippen molar-refractivity contribution in [3.63, 3.8) is 0 Å². The number of esters is 1. The molecule has 0 aliphatic heterocycles. The van der Waals surface area contributed by atoms with Gasteiger partial charge >= 0.3 is 5.97 Å². The number of carbonyl (C=O) groups is 1. The first-order chi connectivity index (χ1) is 9.17. The first kappa shape index (κ1) is 15.6. The molecule has 1 N–H and O–H groups in total. The highest BCUT2D eigenvalue weighted by Gasteiger charge is 2.19. The van der Waals surface area contributed by atoms with Gasteiger partial charge in [0, 0.05) is 25.5 Å². The van der Waals surface area contributed by atoms with Gasteiger partial charge in [-0.05, 0) is 45.1 Å². The van der Waals surface area contributed by atoms with Crippen molar-refractivity contribution in [1.29, 1.82) is 0 Å². The number of hydrogen-bond donors (Lipinski definition) is 1. The summed E-state index contributed by atoms with van der Waals surface area (Å²) in [6.07, 6.45) is 4.53. The molecule has 5 nitrogen and oxygen atoms in total. The van der Waals surface area contributed by atoms with Crippen LogP contribution in [0.4, 0.5) is 0 Å². The molecule has 19 heavy (non-hydrogen) atoms. The smallest absolute Gasteiger partial charge is 0.324 e. The first-order valence-corrected chi connectivity index (χ1v) is 6.58. The molecule has 1 aromatic rings.